The minimum absolute atomic E-state index is 0.00528. The third-order valence-corrected chi connectivity index (χ3v) is 5.30. The summed E-state index contributed by atoms with van der Waals surface area (Å²) in [6, 6.07) is 9.22. The number of fused-ring (bicyclic) bond motifs is 1. The number of nitriles is 1. The molecule has 24 heavy (non-hydrogen) atoms. The maximum Gasteiger partial charge on any atom is 0.233 e. The van der Waals surface area contributed by atoms with Crippen LogP contribution in [0.25, 0.3) is 0 Å². The van der Waals surface area contributed by atoms with Crippen LogP contribution < -0.4 is 4.90 Å². The molecule has 0 spiro atoms. The van der Waals surface area contributed by atoms with Gasteiger partial charge in [-0.15, -0.1) is 17.9 Å². The molecule has 0 bridgehead atoms. The van der Waals surface area contributed by atoms with Gasteiger partial charge < -0.3 is 0 Å². The molecule has 1 aromatic carbocycles. The first-order valence-corrected chi connectivity index (χ1v) is 8.92. The zero-order valence-electron chi connectivity index (χ0n) is 13.5. The maximum atomic E-state index is 12.8. The number of carbonyl (C=O) groups excluding carboxylic acids is 1. The number of amides is 1. The highest BCUT2D eigenvalue weighted by atomic mass is 32.1. The van der Waals surface area contributed by atoms with Crippen LogP contribution in [0.2, 0.25) is 0 Å². The largest absolute Gasteiger partial charge is 0.284 e. The second-order valence-corrected chi connectivity index (χ2v) is 6.91. The summed E-state index contributed by atoms with van der Waals surface area (Å²) in [5.74, 6) is 0.00528. The normalized spacial score (nSPS) is 13.0. The van der Waals surface area contributed by atoms with Gasteiger partial charge in [-0.2, -0.15) is 5.26 Å². The summed E-state index contributed by atoms with van der Waals surface area (Å²) in [5.41, 5.74) is 2.65. The smallest absolute Gasteiger partial charge is 0.233 e. The molecule has 122 valence electrons. The van der Waals surface area contributed by atoms with Gasteiger partial charge in [-0.3, -0.25) is 9.69 Å². The van der Waals surface area contributed by atoms with Crippen LogP contribution in [-0.4, -0.2) is 17.4 Å². The molecule has 0 saturated heterocycles. The van der Waals surface area contributed by atoms with Crippen LogP contribution in [0.3, 0.4) is 0 Å². The van der Waals surface area contributed by atoms with E-state index in [4.69, 9.17) is 10.2 Å². The molecule has 3 rings (SSSR count). The molecule has 0 aliphatic heterocycles. The fourth-order valence-electron chi connectivity index (χ4n) is 2.84. The van der Waals surface area contributed by atoms with E-state index in [2.05, 4.69) is 12.6 Å². The van der Waals surface area contributed by atoms with E-state index in [1.807, 2.05) is 12.1 Å². The van der Waals surface area contributed by atoms with E-state index in [0.717, 1.165) is 29.2 Å². The summed E-state index contributed by atoms with van der Waals surface area (Å²) in [4.78, 5) is 20.5. The fraction of sp³-hybridized carbons (Fsp3) is 0.316. The maximum absolute atomic E-state index is 12.8. The molecule has 1 aliphatic carbocycles. The third-order valence-electron chi connectivity index (χ3n) is 4.12. The number of hydrogen-bond donors (Lipinski definition) is 0. The Morgan fingerprint density at radius 1 is 1.33 bits per heavy atom. The molecule has 4 nitrogen and oxygen atoms in total. The summed E-state index contributed by atoms with van der Waals surface area (Å²) in [6.45, 7) is 4.23. The Hall–Kier alpha value is -2.45. The molecule has 0 atom stereocenters. The first-order chi connectivity index (χ1) is 11.7. The van der Waals surface area contributed by atoms with Crippen LogP contribution in [0.1, 0.15) is 34.5 Å². The van der Waals surface area contributed by atoms with E-state index in [9.17, 15) is 4.79 Å². The van der Waals surface area contributed by atoms with Crippen LogP contribution in [0, 0.1) is 11.3 Å². The van der Waals surface area contributed by atoms with Gasteiger partial charge >= 0.3 is 0 Å². The summed E-state index contributed by atoms with van der Waals surface area (Å²) in [7, 11) is 0. The molecule has 0 N–H and O–H groups in total. The minimum Gasteiger partial charge on any atom is -0.284 e. The number of rotatable bonds is 5. The molecular formula is C19H19N3OS. The number of anilines is 1. The number of benzene rings is 1. The summed E-state index contributed by atoms with van der Waals surface area (Å²) in [5, 5.41) is 9.63. The fourth-order valence-corrected chi connectivity index (χ4v) is 4.01. The van der Waals surface area contributed by atoms with Gasteiger partial charge in [-0.25, -0.2) is 4.98 Å². The van der Waals surface area contributed by atoms with Crippen molar-refractivity contribution in [1.82, 2.24) is 4.98 Å². The van der Waals surface area contributed by atoms with E-state index < -0.39 is 0 Å². The minimum atomic E-state index is 0.00528. The molecule has 0 fully saturated rings. The quantitative estimate of drug-likeness (QED) is 0.783. The number of aromatic nitrogens is 1. The predicted octanol–water partition coefficient (Wildman–Crippen LogP) is 3.66. The molecule has 1 amide bonds. The van der Waals surface area contributed by atoms with Crippen LogP contribution in [0.5, 0.6) is 0 Å². The molecule has 0 radical (unpaired) electrons. The third kappa shape index (κ3) is 3.55. The molecule has 0 unspecified atom stereocenters. The van der Waals surface area contributed by atoms with Crippen molar-refractivity contribution >= 4 is 22.4 Å². The second kappa shape index (κ2) is 7.41. The van der Waals surface area contributed by atoms with Crippen molar-refractivity contribution in [1.29, 1.82) is 5.26 Å². The van der Waals surface area contributed by atoms with Crippen LogP contribution >= 0.6 is 11.3 Å². The van der Waals surface area contributed by atoms with Gasteiger partial charge in [0.15, 0.2) is 5.13 Å². The van der Waals surface area contributed by atoms with Crippen molar-refractivity contribution < 1.29 is 4.79 Å². The van der Waals surface area contributed by atoms with E-state index >= 15 is 0 Å². The average molecular weight is 337 g/mol. The van der Waals surface area contributed by atoms with E-state index in [1.165, 1.54) is 17.7 Å². The average Bonchev–Trinajstić information content (AvgIpc) is 3.03. The number of aryl methyl sites for hydroxylation is 2. The molecule has 1 heterocycles. The Morgan fingerprint density at radius 2 is 2.08 bits per heavy atom. The number of thiazole rings is 1. The lowest BCUT2D eigenvalue weighted by molar-refractivity contribution is -0.117. The van der Waals surface area contributed by atoms with E-state index in [1.54, 1.807) is 34.4 Å². The zero-order chi connectivity index (χ0) is 16.9. The van der Waals surface area contributed by atoms with Crippen molar-refractivity contribution in [2.45, 2.75) is 32.1 Å². The molecule has 2 aromatic rings. The second-order valence-electron chi connectivity index (χ2n) is 5.85. The van der Waals surface area contributed by atoms with Crippen LogP contribution in [0.15, 0.2) is 36.9 Å². The first kappa shape index (κ1) is 16.4. The first-order valence-electron chi connectivity index (χ1n) is 8.10. The Kier molecular flexibility index (Phi) is 5.07. The lowest BCUT2D eigenvalue weighted by Gasteiger charge is -2.18. The summed E-state index contributed by atoms with van der Waals surface area (Å²) < 4.78 is 0. The Morgan fingerprint density at radius 3 is 2.75 bits per heavy atom. The molecule has 0 saturated carbocycles. The number of carbonyl (C=O) groups is 1. The molecular weight excluding hydrogens is 318 g/mol. The van der Waals surface area contributed by atoms with Gasteiger partial charge in [-0.05, 0) is 43.4 Å². The van der Waals surface area contributed by atoms with E-state index in [0.29, 0.717) is 18.5 Å². The monoisotopic (exact) mass is 337 g/mol. The van der Waals surface area contributed by atoms with Crippen LogP contribution in [-0.2, 0) is 24.1 Å². The van der Waals surface area contributed by atoms with Crippen molar-refractivity contribution in [3.8, 4) is 6.07 Å². The van der Waals surface area contributed by atoms with Gasteiger partial charge in [0.25, 0.3) is 0 Å². The summed E-state index contributed by atoms with van der Waals surface area (Å²) >= 11 is 1.63. The summed E-state index contributed by atoms with van der Waals surface area (Å²) in [6.07, 6.45) is 6.49. The van der Waals surface area contributed by atoms with Crippen molar-refractivity contribution in [2.24, 2.45) is 0 Å². The van der Waals surface area contributed by atoms with Gasteiger partial charge in [0, 0.05) is 11.4 Å². The van der Waals surface area contributed by atoms with E-state index in [-0.39, 0.29) is 5.91 Å². The Labute approximate surface area is 146 Å². The highest BCUT2D eigenvalue weighted by molar-refractivity contribution is 7.16. The highest BCUT2D eigenvalue weighted by Gasteiger charge is 2.22. The van der Waals surface area contributed by atoms with Gasteiger partial charge in [0.1, 0.15) is 0 Å². The van der Waals surface area contributed by atoms with Gasteiger partial charge in [0.2, 0.25) is 5.91 Å². The van der Waals surface area contributed by atoms with Gasteiger partial charge in [0.05, 0.1) is 23.7 Å². The lowest BCUT2D eigenvalue weighted by Crippen LogP contribution is -2.32. The topological polar surface area (TPSA) is 57.0 Å². The molecule has 1 aromatic heterocycles. The van der Waals surface area contributed by atoms with Crippen molar-refractivity contribution in [3.63, 3.8) is 0 Å². The Bertz CT molecular complexity index is 762. The highest BCUT2D eigenvalue weighted by Crippen LogP contribution is 2.32. The number of hydrogen-bond acceptors (Lipinski definition) is 4. The van der Waals surface area contributed by atoms with Crippen LogP contribution in [0.4, 0.5) is 5.13 Å². The SMILES string of the molecule is C=CCN(C(=O)Cc1ccc(C#N)cc1)c1nc2c(s1)CCCC2. The standard InChI is InChI=1S/C19H19N3OS/c1-2-11-22(19-21-16-5-3-4-6-17(16)24-19)18(23)12-14-7-9-15(13-20)10-8-14/h2,7-10H,1,3-6,11-12H2. The zero-order valence-corrected chi connectivity index (χ0v) is 14.3. The van der Waals surface area contributed by atoms with Crippen molar-refractivity contribution in [3.05, 3.63) is 58.6 Å². The lowest BCUT2D eigenvalue weighted by atomic mass is 10.0. The molecule has 5 heteroatoms. The predicted molar refractivity (Wildman–Crippen MR) is 96.2 cm³/mol. The number of nitrogens with zero attached hydrogens (tertiary/aromatic N) is 3. The Balaban J connectivity index is 1.79. The molecule has 1 aliphatic rings. The van der Waals surface area contributed by atoms with Crippen molar-refractivity contribution in [2.75, 3.05) is 11.4 Å². The van der Waals surface area contributed by atoms with Gasteiger partial charge in [-0.1, -0.05) is 18.2 Å².